The van der Waals surface area contributed by atoms with Crippen molar-refractivity contribution in [1.29, 1.82) is 0 Å². The van der Waals surface area contributed by atoms with Crippen LogP contribution in [0.4, 0.5) is 4.79 Å². The van der Waals surface area contributed by atoms with Crippen molar-refractivity contribution in [3.8, 4) is 0 Å². The topological polar surface area (TPSA) is 78.4 Å². The molecule has 0 radical (unpaired) electrons. The van der Waals surface area contributed by atoms with Crippen molar-refractivity contribution in [3.05, 3.63) is 35.9 Å². The number of hydrogen-bond donors (Lipinski definition) is 3. The highest BCUT2D eigenvalue weighted by molar-refractivity contribution is 5.74. The van der Waals surface area contributed by atoms with Gasteiger partial charge in [0, 0.05) is 18.5 Å². The first kappa shape index (κ1) is 19.0. The zero-order valence-corrected chi connectivity index (χ0v) is 14.2. The molecule has 2 atom stereocenters. The van der Waals surface area contributed by atoms with Gasteiger partial charge in [-0.05, 0) is 30.7 Å². The van der Waals surface area contributed by atoms with Crippen LogP contribution in [0, 0.1) is 5.92 Å². The second-order valence-corrected chi connectivity index (χ2v) is 6.20. The van der Waals surface area contributed by atoms with Crippen molar-refractivity contribution in [1.82, 2.24) is 10.6 Å². The molecule has 0 saturated carbocycles. The highest BCUT2D eigenvalue weighted by Crippen LogP contribution is 2.09. The van der Waals surface area contributed by atoms with E-state index < -0.39 is 5.97 Å². The van der Waals surface area contributed by atoms with Crippen LogP contribution in [0.2, 0.25) is 0 Å². The summed E-state index contributed by atoms with van der Waals surface area (Å²) >= 11 is 0. The van der Waals surface area contributed by atoms with Gasteiger partial charge in [-0.2, -0.15) is 0 Å². The Morgan fingerprint density at radius 1 is 1.13 bits per heavy atom. The normalized spacial score (nSPS) is 13.4. The summed E-state index contributed by atoms with van der Waals surface area (Å²) in [5.74, 6) is -0.490. The third-order valence-corrected chi connectivity index (χ3v) is 3.93. The average Bonchev–Trinajstić information content (AvgIpc) is 2.51. The van der Waals surface area contributed by atoms with E-state index >= 15 is 0 Å². The number of aliphatic carboxylic acids is 1. The van der Waals surface area contributed by atoms with Gasteiger partial charge in [-0.3, -0.25) is 4.79 Å². The fourth-order valence-corrected chi connectivity index (χ4v) is 2.56. The number of amides is 2. The van der Waals surface area contributed by atoms with Crippen LogP contribution in [0.3, 0.4) is 0 Å². The molecule has 0 saturated heterocycles. The fourth-order valence-electron chi connectivity index (χ4n) is 2.56. The van der Waals surface area contributed by atoms with E-state index in [-0.39, 0.29) is 24.5 Å². The van der Waals surface area contributed by atoms with Gasteiger partial charge in [0.15, 0.2) is 0 Å². The van der Waals surface area contributed by atoms with Crippen LogP contribution in [0.5, 0.6) is 0 Å². The molecule has 0 aliphatic rings. The molecule has 128 valence electrons. The minimum Gasteiger partial charge on any atom is -0.481 e. The quantitative estimate of drug-likeness (QED) is 0.654. The second kappa shape index (κ2) is 9.87. The van der Waals surface area contributed by atoms with E-state index in [1.54, 1.807) is 0 Å². The molecular formula is C18H28N2O3. The molecule has 3 N–H and O–H groups in total. The number of hydrogen-bond acceptors (Lipinski definition) is 2. The predicted octanol–water partition coefficient (Wildman–Crippen LogP) is 3.20. The van der Waals surface area contributed by atoms with Gasteiger partial charge in [0.05, 0.1) is 0 Å². The molecule has 1 aromatic carbocycles. The molecule has 5 heteroatoms. The first-order valence-corrected chi connectivity index (χ1v) is 8.25. The molecule has 0 spiro atoms. The minimum atomic E-state index is -0.848. The van der Waals surface area contributed by atoms with Crippen LogP contribution in [-0.4, -0.2) is 29.2 Å². The predicted molar refractivity (Wildman–Crippen MR) is 91.4 cm³/mol. The fraction of sp³-hybridized carbons (Fsp3) is 0.556. The highest BCUT2D eigenvalue weighted by Gasteiger charge is 2.18. The lowest BCUT2D eigenvalue weighted by atomic mass is 10.0. The molecule has 23 heavy (non-hydrogen) atoms. The lowest BCUT2D eigenvalue weighted by Gasteiger charge is -2.24. The van der Waals surface area contributed by atoms with Gasteiger partial charge < -0.3 is 15.7 Å². The smallest absolute Gasteiger partial charge is 0.315 e. The van der Waals surface area contributed by atoms with Gasteiger partial charge in [0.1, 0.15) is 0 Å². The zero-order chi connectivity index (χ0) is 17.2. The Labute approximate surface area is 138 Å². The number of carbonyl (C=O) groups excluding carboxylic acids is 1. The number of carboxylic acids is 1. The summed E-state index contributed by atoms with van der Waals surface area (Å²) in [6.07, 6.45) is 1.94. The molecule has 1 aromatic rings. The molecular weight excluding hydrogens is 292 g/mol. The number of carbonyl (C=O) groups is 2. The van der Waals surface area contributed by atoms with Crippen molar-refractivity contribution in [3.63, 3.8) is 0 Å². The maximum atomic E-state index is 12.2. The van der Waals surface area contributed by atoms with E-state index in [1.165, 1.54) is 0 Å². The molecule has 0 aliphatic heterocycles. The standard InChI is InChI=1S/C18H28N2O3/c1-4-16(13(2)3)20-18(23)19-15(10-11-17(21)22)12-14-8-6-5-7-9-14/h5-9,13,15-16H,4,10-12H2,1-3H3,(H,21,22)(H2,19,20,23). The van der Waals surface area contributed by atoms with Crippen molar-refractivity contribution in [2.24, 2.45) is 5.92 Å². The number of benzene rings is 1. The number of nitrogens with one attached hydrogen (secondary N) is 2. The van der Waals surface area contributed by atoms with Crippen molar-refractivity contribution in [2.75, 3.05) is 0 Å². The Hall–Kier alpha value is -2.04. The molecule has 0 bridgehead atoms. The van der Waals surface area contributed by atoms with Crippen LogP contribution < -0.4 is 10.6 Å². The molecule has 1 rings (SSSR count). The van der Waals surface area contributed by atoms with Gasteiger partial charge in [-0.15, -0.1) is 0 Å². The van der Waals surface area contributed by atoms with Gasteiger partial charge in [-0.1, -0.05) is 51.1 Å². The third kappa shape index (κ3) is 7.68. The Balaban J connectivity index is 2.64. The van der Waals surface area contributed by atoms with Crippen LogP contribution in [-0.2, 0) is 11.2 Å². The Kier molecular flexibility index (Phi) is 8.16. The summed E-state index contributed by atoms with van der Waals surface area (Å²) in [5.41, 5.74) is 1.08. The molecule has 2 amide bonds. The lowest BCUT2D eigenvalue weighted by Crippen LogP contribution is -2.48. The number of carboxylic acid groups (broad SMARTS) is 1. The minimum absolute atomic E-state index is 0.0408. The van der Waals surface area contributed by atoms with Crippen molar-refractivity contribution < 1.29 is 14.7 Å². The molecule has 0 aromatic heterocycles. The average molecular weight is 320 g/mol. The third-order valence-electron chi connectivity index (χ3n) is 3.93. The Morgan fingerprint density at radius 2 is 1.78 bits per heavy atom. The van der Waals surface area contributed by atoms with Crippen LogP contribution in [0.25, 0.3) is 0 Å². The summed E-state index contributed by atoms with van der Waals surface area (Å²) in [7, 11) is 0. The van der Waals surface area contributed by atoms with E-state index in [2.05, 4.69) is 24.5 Å². The van der Waals surface area contributed by atoms with E-state index in [9.17, 15) is 9.59 Å². The summed E-state index contributed by atoms with van der Waals surface area (Å²) in [5, 5.41) is 14.8. The van der Waals surface area contributed by atoms with Gasteiger partial charge in [0.2, 0.25) is 0 Å². The SMILES string of the molecule is CCC(NC(=O)NC(CCC(=O)O)Cc1ccccc1)C(C)C. The van der Waals surface area contributed by atoms with Crippen LogP contribution >= 0.6 is 0 Å². The monoisotopic (exact) mass is 320 g/mol. The van der Waals surface area contributed by atoms with E-state index in [1.807, 2.05) is 37.3 Å². The van der Waals surface area contributed by atoms with Crippen LogP contribution in [0.15, 0.2) is 30.3 Å². The Morgan fingerprint density at radius 3 is 2.30 bits per heavy atom. The van der Waals surface area contributed by atoms with Gasteiger partial charge in [-0.25, -0.2) is 4.79 Å². The molecule has 5 nitrogen and oxygen atoms in total. The van der Waals surface area contributed by atoms with E-state index in [0.29, 0.717) is 18.8 Å². The number of urea groups is 1. The lowest BCUT2D eigenvalue weighted by molar-refractivity contribution is -0.137. The molecule has 2 unspecified atom stereocenters. The summed E-state index contributed by atoms with van der Waals surface area (Å²) in [6, 6.07) is 9.48. The van der Waals surface area contributed by atoms with E-state index in [0.717, 1.165) is 12.0 Å². The van der Waals surface area contributed by atoms with Crippen molar-refractivity contribution >= 4 is 12.0 Å². The summed E-state index contributed by atoms with van der Waals surface area (Å²) in [6.45, 7) is 6.18. The van der Waals surface area contributed by atoms with Crippen LogP contribution in [0.1, 0.15) is 45.6 Å². The Bertz CT molecular complexity index is 488. The van der Waals surface area contributed by atoms with E-state index in [4.69, 9.17) is 5.11 Å². The van der Waals surface area contributed by atoms with Gasteiger partial charge in [0.25, 0.3) is 0 Å². The molecule has 0 fully saturated rings. The largest absolute Gasteiger partial charge is 0.481 e. The van der Waals surface area contributed by atoms with Gasteiger partial charge >= 0.3 is 12.0 Å². The summed E-state index contributed by atoms with van der Waals surface area (Å²) in [4.78, 5) is 23.0. The molecule has 0 heterocycles. The first-order valence-electron chi connectivity index (χ1n) is 8.25. The number of rotatable bonds is 9. The maximum absolute atomic E-state index is 12.2. The zero-order valence-electron chi connectivity index (χ0n) is 14.2. The summed E-state index contributed by atoms with van der Waals surface area (Å²) < 4.78 is 0. The molecule has 0 aliphatic carbocycles. The van der Waals surface area contributed by atoms with Crippen molar-refractivity contribution in [2.45, 2.75) is 58.5 Å². The second-order valence-electron chi connectivity index (χ2n) is 6.20. The first-order chi connectivity index (χ1) is 10.9. The maximum Gasteiger partial charge on any atom is 0.315 e. The highest BCUT2D eigenvalue weighted by atomic mass is 16.4.